The van der Waals surface area contributed by atoms with Crippen LogP contribution >= 0.6 is 27.5 Å². The van der Waals surface area contributed by atoms with Crippen LogP contribution in [0.3, 0.4) is 0 Å². The highest BCUT2D eigenvalue weighted by Crippen LogP contribution is 2.33. The van der Waals surface area contributed by atoms with E-state index in [4.69, 9.17) is 11.6 Å². The van der Waals surface area contributed by atoms with Crippen molar-refractivity contribution in [2.45, 2.75) is 18.7 Å². The molecular weight excluding hydrogens is 369 g/mol. The first-order valence-electron chi connectivity index (χ1n) is 6.07. The van der Waals surface area contributed by atoms with Gasteiger partial charge in [-0.3, -0.25) is 0 Å². The largest absolute Gasteiger partial charge is 0.416 e. The van der Waals surface area contributed by atoms with Gasteiger partial charge in [-0.2, -0.15) is 13.2 Å². The average Bonchev–Trinajstić information content (AvgIpc) is 2.41. The standard InChI is InChI=1S/C15H11BrClF3O/c16-12-3-1-2-11(14(12)17)13(21)8-9-4-6-10(7-5-9)15(18,19)20/h1-7,13,21H,8H2. The molecule has 1 nitrogen and oxygen atoms in total. The van der Waals surface area contributed by atoms with Gasteiger partial charge in [-0.1, -0.05) is 35.9 Å². The van der Waals surface area contributed by atoms with Crippen LogP contribution in [0, 0.1) is 0 Å². The summed E-state index contributed by atoms with van der Waals surface area (Å²) in [5.41, 5.74) is 0.429. The molecule has 1 atom stereocenters. The van der Waals surface area contributed by atoms with E-state index in [1.54, 1.807) is 18.2 Å². The van der Waals surface area contributed by atoms with Gasteiger partial charge in [-0.25, -0.2) is 0 Å². The average molecular weight is 380 g/mol. The van der Waals surface area contributed by atoms with Crippen LogP contribution in [0.5, 0.6) is 0 Å². The molecule has 112 valence electrons. The van der Waals surface area contributed by atoms with E-state index in [2.05, 4.69) is 15.9 Å². The fraction of sp³-hybridized carbons (Fsp3) is 0.200. The van der Waals surface area contributed by atoms with Crippen LogP contribution < -0.4 is 0 Å². The molecule has 0 fully saturated rings. The number of benzene rings is 2. The van der Waals surface area contributed by atoms with Gasteiger partial charge in [0.2, 0.25) is 0 Å². The Morgan fingerprint density at radius 1 is 1.10 bits per heavy atom. The fourth-order valence-corrected chi connectivity index (χ4v) is 2.57. The summed E-state index contributed by atoms with van der Waals surface area (Å²) in [4.78, 5) is 0. The van der Waals surface area contributed by atoms with E-state index in [1.807, 2.05) is 0 Å². The SMILES string of the molecule is OC(Cc1ccc(C(F)(F)F)cc1)c1cccc(Br)c1Cl. The highest BCUT2D eigenvalue weighted by Gasteiger charge is 2.30. The van der Waals surface area contributed by atoms with E-state index in [0.717, 1.165) is 12.1 Å². The number of rotatable bonds is 3. The van der Waals surface area contributed by atoms with Gasteiger partial charge < -0.3 is 5.11 Å². The second kappa shape index (κ2) is 6.38. The molecule has 2 rings (SSSR count). The molecule has 2 aromatic rings. The first-order chi connectivity index (χ1) is 9.79. The summed E-state index contributed by atoms with van der Waals surface area (Å²) in [6.45, 7) is 0. The summed E-state index contributed by atoms with van der Waals surface area (Å²) >= 11 is 9.35. The van der Waals surface area contributed by atoms with Gasteiger partial charge in [0.05, 0.1) is 16.7 Å². The van der Waals surface area contributed by atoms with Gasteiger partial charge >= 0.3 is 6.18 Å². The van der Waals surface area contributed by atoms with Gasteiger partial charge in [-0.05, 0) is 39.7 Å². The van der Waals surface area contributed by atoms with Gasteiger partial charge in [0.15, 0.2) is 0 Å². The predicted molar refractivity (Wildman–Crippen MR) is 79.3 cm³/mol. The molecule has 0 bridgehead atoms. The molecule has 6 heteroatoms. The molecule has 0 radical (unpaired) electrons. The van der Waals surface area contributed by atoms with E-state index in [9.17, 15) is 18.3 Å². The lowest BCUT2D eigenvalue weighted by atomic mass is 10.0. The van der Waals surface area contributed by atoms with Crippen molar-refractivity contribution in [3.05, 3.63) is 68.7 Å². The third-order valence-corrected chi connectivity index (χ3v) is 4.36. The molecule has 0 aromatic heterocycles. The highest BCUT2D eigenvalue weighted by molar-refractivity contribution is 9.10. The van der Waals surface area contributed by atoms with Crippen molar-refractivity contribution >= 4 is 27.5 Å². The van der Waals surface area contributed by atoms with Crippen molar-refractivity contribution in [3.8, 4) is 0 Å². The maximum Gasteiger partial charge on any atom is 0.416 e. The molecular formula is C15H11BrClF3O. The van der Waals surface area contributed by atoms with Gasteiger partial charge in [0.25, 0.3) is 0 Å². The summed E-state index contributed by atoms with van der Waals surface area (Å²) in [7, 11) is 0. The van der Waals surface area contributed by atoms with E-state index in [-0.39, 0.29) is 6.42 Å². The van der Waals surface area contributed by atoms with Crippen LogP contribution in [0.1, 0.15) is 22.8 Å². The fourth-order valence-electron chi connectivity index (χ4n) is 1.94. The Balaban J connectivity index is 2.16. The minimum Gasteiger partial charge on any atom is -0.388 e. The number of aliphatic hydroxyl groups excluding tert-OH is 1. The lowest BCUT2D eigenvalue weighted by Crippen LogP contribution is -2.06. The lowest BCUT2D eigenvalue weighted by Gasteiger charge is -2.14. The van der Waals surface area contributed by atoms with Crippen molar-refractivity contribution in [1.29, 1.82) is 0 Å². The molecule has 0 spiro atoms. The summed E-state index contributed by atoms with van der Waals surface area (Å²) in [6.07, 6.45) is -5.05. The molecule has 0 aliphatic heterocycles. The summed E-state index contributed by atoms with van der Waals surface area (Å²) in [5, 5.41) is 10.6. The third-order valence-electron chi connectivity index (χ3n) is 3.05. The van der Waals surface area contributed by atoms with Crippen molar-refractivity contribution in [2.75, 3.05) is 0 Å². The molecule has 0 saturated carbocycles. The third kappa shape index (κ3) is 3.99. The zero-order chi connectivity index (χ0) is 15.6. The molecule has 0 amide bonds. The minimum atomic E-state index is -4.36. The Morgan fingerprint density at radius 2 is 1.71 bits per heavy atom. The topological polar surface area (TPSA) is 20.2 Å². The van der Waals surface area contributed by atoms with Crippen LogP contribution in [0.4, 0.5) is 13.2 Å². The summed E-state index contributed by atoms with van der Waals surface area (Å²) in [6, 6.07) is 9.89. The zero-order valence-corrected chi connectivity index (χ0v) is 13.0. The first kappa shape index (κ1) is 16.3. The quantitative estimate of drug-likeness (QED) is 0.757. The van der Waals surface area contributed by atoms with Crippen molar-refractivity contribution in [1.82, 2.24) is 0 Å². The number of hydrogen-bond donors (Lipinski definition) is 1. The second-order valence-electron chi connectivity index (χ2n) is 4.56. The molecule has 2 aromatic carbocycles. The summed E-state index contributed by atoms with van der Waals surface area (Å²) in [5.74, 6) is 0. The number of halogens is 5. The van der Waals surface area contributed by atoms with Gasteiger partial charge in [-0.15, -0.1) is 0 Å². The first-order valence-corrected chi connectivity index (χ1v) is 7.24. The Bertz CT molecular complexity index is 626. The lowest BCUT2D eigenvalue weighted by molar-refractivity contribution is -0.137. The predicted octanol–water partition coefficient (Wildman–Crippen LogP) is 5.40. The Morgan fingerprint density at radius 3 is 2.29 bits per heavy atom. The van der Waals surface area contributed by atoms with Crippen LogP contribution in [0.25, 0.3) is 0 Å². The molecule has 0 saturated heterocycles. The van der Waals surface area contributed by atoms with E-state index >= 15 is 0 Å². The normalized spacial score (nSPS) is 13.2. The van der Waals surface area contributed by atoms with Crippen molar-refractivity contribution in [2.24, 2.45) is 0 Å². The maximum atomic E-state index is 12.5. The zero-order valence-electron chi connectivity index (χ0n) is 10.7. The van der Waals surface area contributed by atoms with Crippen LogP contribution in [0.2, 0.25) is 5.02 Å². The van der Waals surface area contributed by atoms with E-state index in [0.29, 0.717) is 20.6 Å². The molecule has 1 N–H and O–H groups in total. The minimum absolute atomic E-state index is 0.189. The van der Waals surface area contributed by atoms with Crippen molar-refractivity contribution in [3.63, 3.8) is 0 Å². The Hall–Kier alpha value is -1.04. The molecule has 1 unspecified atom stereocenters. The molecule has 0 aliphatic rings. The number of hydrogen-bond acceptors (Lipinski definition) is 1. The molecule has 0 aliphatic carbocycles. The van der Waals surface area contributed by atoms with Gasteiger partial charge in [0.1, 0.15) is 0 Å². The summed E-state index contributed by atoms with van der Waals surface area (Å²) < 4.78 is 38.1. The van der Waals surface area contributed by atoms with E-state index in [1.165, 1.54) is 12.1 Å². The Kier molecular flexibility index (Phi) is 4.96. The van der Waals surface area contributed by atoms with Gasteiger partial charge in [0, 0.05) is 16.5 Å². The molecule has 21 heavy (non-hydrogen) atoms. The highest BCUT2D eigenvalue weighted by atomic mass is 79.9. The monoisotopic (exact) mass is 378 g/mol. The second-order valence-corrected chi connectivity index (χ2v) is 5.79. The van der Waals surface area contributed by atoms with E-state index < -0.39 is 17.8 Å². The van der Waals surface area contributed by atoms with Crippen molar-refractivity contribution < 1.29 is 18.3 Å². The maximum absolute atomic E-state index is 12.5. The molecule has 0 heterocycles. The van der Waals surface area contributed by atoms with Crippen LogP contribution in [0.15, 0.2) is 46.9 Å². The Labute approximate surface area is 133 Å². The number of alkyl halides is 3. The van der Waals surface area contributed by atoms with Crippen LogP contribution in [-0.2, 0) is 12.6 Å². The number of aliphatic hydroxyl groups is 1. The smallest absolute Gasteiger partial charge is 0.388 e. The van der Waals surface area contributed by atoms with Crippen LogP contribution in [-0.4, -0.2) is 5.11 Å².